The number of ether oxygens (including phenoxy) is 4. The molecule has 1 atom stereocenters. The van der Waals surface area contributed by atoms with Crippen LogP contribution in [0.5, 0.6) is 17.2 Å². The first-order valence-electron chi connectivity index (χ1n) is 9.05. The normalized spacial score (nSPS) is 11.6. The number of anilines is 1. The van der Waals surface area contributed by atoms with Crippen LogP contribution in [0.2, 0.25) is 0 Å². The molecule has 0 aromatic heterocycles. The van der Waals surface area contributed by atoms with Crippen LogP contribution in [-0.4, -0.2) is 38.8 Å². The molecule has 1 unspecified atom stereocenters. The van der Waals surface area contributed by atoms with Crippen molar-refractivity contribution in [2.24, 2.45) is 0 Å². The Hall–Kier alpha value is -3.48. The molecular formula is C22H25NO6. The largest absolute Gasteiger partial charge is 0.495 e. The van der Waals surface area contributed by atoms with Gasteiger partial charge in [-0.15, -0.1) is 0 Å². The quantitative estimate of drug-likeness (QED) is 0.648. The maximum Gasteiger partial charge on any atom is 0.344 e. The molecule has 0 radical (unpaired) electrons. The molecule has 7 nitrogen and oxygen atoms in total. The molecular weight excluding hydrogens is 374 g/mol. The second-order valence-electron chi connectivity index (χ2n) is 6.02. The van der Waals surface area contributed by atoms with Gasteiger partial charge in [-0.05, 0) is 43.7 Å². The van der Waals surface area contributed by atoms with E-state index >= 15 is 0 Å². The van der Waals surface area contributed by atoms with E-state index in [0.717, 1.165) is 5.56 Å². The Morgan fingerprint density at radius 1 is 1.03 bits per heavy atom. The molecule has 1 N–H and O–H groups in total. The van der Waals surface area contributed by atoms with E-state index in [1.54, 1.807) is 36.4 Å². The van der Waals surface area contributed by atoms with Gasteiger partial charge in [0.05, 0.1) is 19.9 Å². The molecule has 0 bridgehead atoms. The fraction of sp³-hybridized carbons (Fsp3) is 0.273. The Morgan fingerprint density at radius 3 is 2.45 bits per heavy atom. The van der Waals surface area contributed by atoms with Crippen molar-refractivity contribution >= 4 is 23.6 Å². The number of para-hydroxylation sites is 2. The zero-order valence-electron chi connectivity index (χ0n) is 16.9. The zero-order valence-corrected chi connectivity index (χ0v) is 16.9. The van der Waals surface area contributed by atoms with E-state index < -0.39 is 18.0 Å². The fourth-order valence-electron chi connectivity index (χ4n) is 2.50. The molecule has 29 heavy (non-hydrogen) atoms. The molecule has 1 amide bonds. The van der Waals surface area contributed by atoms with E-state index in [1.807, 2.05) is 25.1 Å². The summed E-state index contributed by atoms with van der Waals surface area (Å²) in [7, 11) is 3.02. The van der Waals surface area contributed by atoms with E-state index in [9.17, 15) is 9.59 Å². The molecule has 2 aromatic rings. The van der Waals surface area contributed by atoms with Gasteiger partial charge in [-0.25, -0.2) is 4.79 Å². The molecule has 2 aromatic carbocycles. The minimum atomic E-state index is -1.00. The topological polar surface area (TPSA) is 83.1 Å². The Kier molecular flexibility index (Phi) is 8.09. The smallest absolute Gasteiger partial charge is 0.344 e. The van der Waals surface area contributed by atoms with Gasteiger partial charge < -0.3 is 24.3 Å². The van der Waals surface area contributed by atoms with Crippen LogP contribution >= 0.6 is 0 Å². The number of hydrogen-bond acceptors (Lipinski definition) is 6. The van der Waals surface area contributed by atoms with E-state index in [0.29, 0.717) is 22.9 Å². The standard InChI is InChI=1S/C22H25NO6/c1-5-8-16-11-12-19(20(13-16)27-4)28-14-21(24)29-15(2)22(25)23-17-9-6-7-10-18(17)26-3/h5-13,15H,14H2,1-4H3,(H,23,25)/b8-5+. The van der Waals surface area contributed by atoms with Crippen molar-refractivity contribution in [2.75, 3.05) is 26.1 Å². The Morgan fingerprint density at radius 2 is 1.76 bits per heavy atom. The maximum atomic E-state index is 12.3. The van der Waals surface area contributed by atoms with Gasteiger partial charge in [-0.2, -0.15) is 0 Å². The summed E-state index contributed by atoms with van der Waals surface area (Å²) < 4.78 is 21.1. The minimum absolute atomic E-state index is 0.356. The van der Waals surface area contributed by atoms with Crippen molar-refractivity contribution in [3.63, 3.8) is 0 Å². The molecule has 0 spiro atoms. The average Bonchev–Trinajstić information content (AvgIpc) is 2.73. The van der Waals surface area contributed by atoms with Gasteiger partial charge in [0, 0.05) is 0 Å². The van der Waals surface area contributed by atoms with Crippen LogP contribution in [-0.2, 0) is 14.3 Å². The number of rotatable bonds is 9. The molecule has 0 saturated carbocycles. The first-order valence-corrected chi connectivity index (χ1v) is 9.05. The number of nitrogens with one attached hydrogen (secondary N) is 1. The molecule has 0 aliphatic heterocycles. The summed E-state index contributed by atoms with van der Waals surface area (Å²) >= 11 is 0. The summed E-state index contributed by atoms with van der Waals surface area (Å²) in [6, 6.07) is 12.3. The monoisotopic (exact) mass is 399 g/mol. The van der Waals surface area contributed by atoms with E-state index in [-0.39, 0.29) is 6.61 Å². The van der Waals surface area contributed by atoms with Crippen LogP contribution < -0.4 is 19.5 Å². The highest BCUT2D eigenvalue weighted by molar-refractivity contribution is 5.96. The van der Waals surface area contributed by atoms with Gasteiger partial charge >= 0.3 is 5.97 Å². The Balaban J connectivity index is 1.91. The highest BCUT2D eigenvalue weighted by Crippen LogP contribution is 2.28. The SMILES string of the molecule is C/C=C/c1ccc(OCC(=O)OC(C)C(=O)Nc2ccccc2OC)c(OC)c1. The molecule has 154 valence electrons. The second-order valence-corrected chi connectivity index (χ2v) is 6.02. The number of hydrogen-bond donors (Lipinski definition) is 1. The van der Waals surface area contributed by atoms with Crippen molar-refractivity contribution in [3.8, 4) is 17.2 Å². The lowest BCUT2D eigenvalue weighted by Gasteiger charge is -2.16. The van der Waals surface area contributed by atoms with Crippen LogP contribution in [0.15, 0.2) is 48.5 Å². The van der Waals surface area contributed by atoms with Gasteiger partial charge in [0.15, 0.2) is 24.2 Å². The Bertz CT molecular complexity index is 877. The summed E-state index contributed by atoms with van der Waals surface area (Å²) in [5.74, 6) is 0.263. The highest BCUT2D eigenvalue weighted by Gasteiger charge is 2.20. The van der Waals surface area contributed by atoms with Crippen molar-refractivity contribution in [1.82, 2.24) is 0 Å². The molecule has 0 aliphatic carbocycles. The Labute approximate surface area is 170 Å². The number of allylic oxidation sites excluding steroid dienone is 1. The average molecular weight is 399 g/mol. The lowest BCUT2D eigenvalue weighted by molar-refractivity contribution is -0.155. The van der Waals surface area contributed by atoms with Crippen LogP contribution in [0, 0.1) is 0 Å². The zero-order chi connectivity index (χ0) is 21.2. The number of esters is 1. The van der Waals surface area contributed by atoms with Gasteiger partial charge in [-0.3, -0.25) is 4.79 Å². The predicted molar refractivity (Wildman–Crippen MR) is 110 cm³/mol. The first kappa shape index (κ1) is 21.8. The third-order valence-corrected chi connectivity index (χ3v) is 3.93. The summed E-state index contributed by atoms with van der Waals surface area (Å²) in [5.41, 5.74) is 1.44. The summed E-state index contributed by atoms with van der Waals surface area (Å²) in [6.45, 7) is 3.04. The summed E-state index contributed by atoms with van der Waals surface area (Å²) in [6.07, 6.45) is 2.82. The van der Waals surface area contributed by atoms with Crippen LogP contribution in [0.1, 0.15) is 19.4 Å². The molecule has 0 saturated heterocycles. The summed E-state index contributed by atoms with van der Waals surface area (Å²) in [4.78, 5) is 24.4. The number of carbonyl (C=O) groups excluding carboxylic acids is 2. The third-order valence-electron chi connectivity index (χ3n) is 3.93. The van der Waals surface area contributed by atoms with Crippen molar-refractivity contribution in [3.05, 3.63) is 54.1 Å². The lowest BCUT2D eigenvalue weighted by Crippen LogP contribution is -2.31. The maximum absolute atomic E-state index is 12.3. The molecule has 0 aliphatic rings. The number of benzene rings is 2. The van der Waals surface area contributed by atoms with Gasteiger partial charge in [0.2, 0.25) is 0 Å². The lowest BCUT2D eigenvalue weighted by atomic mass is 10.2. The van der Waals surface area contributed by atoms with Crippen LogP contribution in [0.4, 0.5) is 5.69 Å². The summed E-state index contributed by atoms with van der Waals surface area (Å²) in [5, 5.41) is 2.67. The van der Waals surface area contributed by atoms with Crippen molar-refractivity contribution < 1.29 is 28.5 Å². The van der Waals surface area contributed by atoms with Crippen LogP contribution in [0.25, 0.3) is 6.08 Å². The molecule has 0 fully saturated rings. The molecule has 2 rings (SSSR count). The fourth-order valence-corrected chi connectivity index (χ4v) is 2.50. The van der Waals surface area contributed by atoms with Gasteiger partial charge in [-0.1, -0.05) is 30.4 Å². The van der Waals surface area contributed by atoms with Crippen LogP contribution in [0.3, 0.4) is 0 Å². The minimum Gasteiger partial charge on any atom is -0.495 e. The first-order chi connectivity index (χ1) is 14.0. The van der Waals surface area contributed by atoms with Crippen molar-refractivity contribution in [1.29, 1.82) is 0 Å². The van der Waals surface area contributed by atoms with Crippen molar-refractivity contribution in [2.45, 2.75) is 20.0 Å². The van der Waals surface area contributed by atoms with Gasteiger partial charge in [0.25, 0.3) is 5.91 Å². The number of methoxy groups -OCH3 is 2. The third kappa shape index (κ3) is 6.27. The second kappa shape index (κ2) is 10.8. The highest BCUT2D eigenvalue weighted by atomic mass is 16.6. The molecule has 7 heteroatoms. The van der Waals surface area contributed by atoms with E-state index in [1.165, 1.54) is 21.1 Å². The number of carbonyl (C=O) groups is 2. The predicted octanol–water partition coefficient (Wildman–Crippen LogP) is 3.69. The number of amides is 1. The van der Waals surface area contributed by atoms with E-state index in [4.69, 9.17) is 18.9 Å². The van der Waals surface area contributed by atoms with Gasteiger partial charge in [0.1, 0.15) is 5.75 Å². The molecule has 0 heterocycles. The van der Waals surface area contributed by atoms with E-state index in [2.05, 4.69) is 5.32 Å².